The number of rotatable bonds is 3. The van der Waals surface area contributed by atoms with Gasteiger partial charge in [0.2, 0.25) is 0 Å². The molecule has 0 N–H and O–H groups in total. The Hall–Kier alpha value is -2.78. The maximum atomic E-state index is 13.2. The van der Waals surface area contributed by atoms with Gasteiger partial charge in [0.15, 0.2) is 11.3 Å². The van der Waals surface area contributed by atoms with Crippen molar-refractivity contribution < 1.29 is 9.59 Å². The molecule has 8 nitrogen and oxygen atoms in total. The van der Waals surface area contributed by atoms with Crippen LogP contribution in [0.2, 0.25) is 0 Å². The normalized spacial score (nSPS) is 18.8. The van der Waals surface area contributed by atoms with Crippen molar-refractivity contribution in [2.75, 3.05) is 46.3 Å². The topological polar surface area (TPSA) is 74.0 Å². The second-order valence-electron chi connectivity index (χ2n) is 8.68. The van der Waals surface area contributed by atoms with E-state index in [0.29, 0.717) is 23.8 Å². The molecule has 0 unspecified atom stereocenters. The van der Waals surface area contributed by atoms with E-state index in [4.69, 9.17) is 0 Å². The van der Waals surface area contributed by atoms with Gasteiger partial charge < -0.3 is 14.7 Å². The van der Waals surface area contributed by atoms with Gasteiger partial charge >= 0.3 is 0 Å². The third-order valence-electron chi connectivity index (χ3n) is 6.64. The van der Waals surface area contributed by atoms with Gasteiger partial charge in [-0.25, -0.2) is 9.97 Å². The van der Waals surface area contributed by atoms with Crippen molar-refractivity contribution in [1.29, 1.82) is 0 Å². The van der Waals surface area contributed by atoms with Gasteiger partial charge in [-0.15, -0.1) is 0 Å². The zero-order valence-corrected chi connectivity index (χ0v) is 19.1. The Morgan fingerprint density at radius 2 is 1.78 bits per heavy atom. The van der Waals surface area contributed by atoms with Crippen molar-refractivity contribution in [2.45, 2.75) is 25.2 Å². The van der Waals surface area contributed by atoms with Crippen LogP contribution in [0.25, 0.3) is 5.65 Å². The molecule has 2 amide bonds. The predicted octanol–water partition coefficient (Wildman–Crippen LogP) is 2.59. The number of hydrogen-bond acceptors (Lipinski definition) is 6. The van der Waals surface area contributed by atoms with Crippen molar-refractivity contribution in [3.8, 4) is 0 Å². The Morgan fingerprint density at radius 3 is 2.56 bits per heavy atom. The lowest BCUT2D eigenvalue weighted by molar-refractivity contribution is 0.0711. The number of aromatic nitrogens is 3. The van der Waals surface area contributed by atoms with Gasteiger partial charge in [-0.05, 0) is 50.4 Å². The summed E-state index contributed by atoms with van der Waals surface area (Å²) in [5.74, 6) is 0.378. The summed E-state index contributed by atoms with van der Waals surface area (Å²) in [6.45, 7) is 4.79. The quantitative estimate of drug-likeness (QED) is 0.611. The maximum Gasteiger partial charge on any atom is 0.276 e. The van der Waals surface area contributed by atoms with Crippen LogP contribution in [0.15, 0.2) is 35.4 Å². The molecule has 9 heteroatoms. The molecule has 0 atom stereocenters. The molecule has 3 aromatic rings. The zero-order chi connectivity index (χ0) is 22.1. The fourth-order valence-electron chi connectivity index (χ4n) is 4.75. The molecule has 0 aromatic carbocycles. The molecule has 0 bridgehead atoms. The molecule has 0 aliphatic carbocycles. The highest BCUT2D eigenvalue weighted by molar-refractivity contribution is 7.08. The van der Waals surface area contributed by atoms with Crippen LogP contribution >= 0.6 is 11.3 Å². The van der Waals surface area contributed by atoms with Crippen LogP contribution in [0.5, 0.6) is 0 Å². The van der Waals surface area contributed by atoms with Crippen LogP contribution in [0, 0.1) is 0 Å². The number of likely N-dealkylation sites (tertiary alicyclic amines) is 1. The lowest BCUT2D eigenvalue weighted by atomic mass is 9.93. The summed E-state index contributed by atoms with van der Waals surface area (Å²) in [7, 11) is 2.09. The molecule has 5 heterocycles. The Labute approximate surface area is 191 Å². The van der Waals surface area contributed by atoms with E-state index < -0.39 is 0 Å². The highest BCUT2D eigenvalue weighted by Crippen LogP contribution is 2.29. The summed E-state index contributed by atoms with van der Waals surface area (Å²) in [5.41, 5.74) is 2.94. The highest BCUT2D eigenvalue weighted by Gasteiger charge is 2.28. The first kappa shape index (κ1) is 21.1. The van der Waals surface area contributed by atoms with Crippen molar-refractivity contribution in [1.82, 2.24) is 29.1 Å². The van der Waals surface area contributed by atoms with Crippen LogP contribution in [0.1, 0.15) is 51.7 Å². The van der Waals surface area contributed by atoms with Crippen LogP contribution in [0.4, 0.5) is 0 Å². The van der Waals surface area contributed by atoms with Crippen LogP contribution in [-0.4, -0.2) is 87.2 Å². The fourth-order valence-corrected chi connectivity index (χ4v) is 5.38. The van der Waals surface area contributed by atoms with Crippen molar-refractivity contribution >= 4 is 28.8 Å². The number of thiophene rings is 1. The lowest BCUT2D eigenvalue weighted by Gasteiger charge is -2.32. The minimum Gasteiger partial charge on any atom is -0.339 e. The molecule has 2 aliphatic heterocycles. The number of carbonyl (C=O) groups excluding carboxylic acids is 2. The van der Waals surface area contributed by atoms with Crippen LogP contribution in [0.3, 0.4) is 0 Å². The summed E-state index contributed by atoms with van der Waals surface area (Å²) >= 11 is 1.55. The van der Waals surface area contributed by atoms with Gasteiger partial charge in [0.1, 0.15) is 6.33 Å². The molecule has 5 rings (SSSR count). The van der Waals surface area contributed by atoms with E-state index in [-0.39, 0.29) is 11.8 Å². The van der Waals surface area contributed by atoms with E-state index in [1.54, 1.807) is 23.9 Å². The first-order chi connectivity index (χ1) is 15.6. The largest absolute Gasteiger partial charge is 0.339 e. The zero-order valence-electron chi connectivity index (χ0n) is 18.3. The molecular weight excluding hydrogens is 424 g/mol. The van der Waals surface area contributed by atoms with E-state index in [0.717, 1.165) is 63.2 Å². The van der Waals surface area contributed by atoms with Crippen LogP contribution < -0.4 is 0 Å². The van der Waals surface area contributed by atoms with Crippen molar-refractivity contribution in [3.05, 3.63) is 52.4 Å². The first-order valence-corrected chi connectivity index (χ1v) is 12.2. The highest BCUT2D eigenvalue weighted by atomic mass is 32.1. The van der Waals surface area contributed by atoms with Crippen molar-refractivity contribution in [2.24, 2.45) is 0 Å². The smallest absolute Gasteiger partial charge is 0.276 e. The van der Waals surface area contributed by atoms with Gasteiger partial charge in [0.05, 0.1) is 5.56 Å². The van der Waals surface area contributed by atoms with E-state index in [2.05, 4.69) is 21.9 Å². The number of imidazole rings is 1. The lowest BCUT2D eigenvalue weighted by Crippen LogP contribution is -2.38. The predicted molar refractivity (Wildman–Crippen MR) is 123 cm³/mol. The van der Waals surface area contributed by atoms with Gasteiger partial charge in [0, 0.05) is 55.9 Å². The van der Waals surface area contributed by atoms with Gasteiger partial charge in [-0.2, -0.15) is 11.3 Å². The van der Waals surface area contributed by atoms with E-state index in [1.165, 1.54) is 0 Å². The van der Waals surface area contributed by atoms with E-state index in [9.17, 15) is 9.59 Å². The molecule has 0 saturated carbocycles. The molecule has 2 aliphatic rings. The number of piperidine rings is 1. The van der Waals surface area contributed by atoms with Gasteiger partial charge in [-0.1, -0.05) is 0 Å². The number of hydrogen-bond donors (Lipinski definition) is 0. The average molecular weight is 453 g/mol. The Bertz CT molecular complexity index is 1100. The van der Waals surface area contributed by atoms with E-state index >= 15 is 0 Å². The Morgan fingerprint density at radius 1 is 0.969 bits per heavy atom. The summed E-state index contributed by atoms with van der Waals surface area (Å²) in [6.07, 6.45) is 6.25. The van der Waals surface area contributed by atoms with Crippen molar-refractivity contribution in [3.63, 3.8) is 0 Å². The summed E-state index contributed by atoms with van der Waals surface area (Å²) in [6, 6.07) is 3.91. The molecule has 0 radical (unpaired) electrons. The molecule has 32 heavy (non-hydrogen) atoms. The Kier molecular flexibility index (Phi) is 5.93. The standard InChI is InChI=1S/C23H28N6O2S/c1-26-8-2-9-27(13-12-26)23(31)20-21-24-7-3-19(29(21)16-25-20)17-4-10-28(11-5-17)22(30)18-6-14-32-15-18/h3,6-7,14-17H,2,4-5,8-13H2,1H3. The fraction of sp³-hybridized carbons (Fsp3) is 0.478. The number of nitrogens with zero attached hydrogens (tertiary/aromatic N) is 6. The maximum absolute atomic E-state index is 13.2. The van der Waals surface area contributed by atoms with Crippen LogP contribution in [-0.2, 0) is 0 Å². The number of fused-ring (bicyclic) bond motifs is 1. The number of carbonyl (C=O) groups is 2. The molecule has 0 spiro atoms. The third-order valence-corrected chi connectivity index (χ3v) is 7.32. The molecular formula is C23H28N6O2S. The number of likely N-dealkylation sites (N-methyl/N-ethyl adjacent to an activating group) is 1. The SMILES string of the molecule is CN1CCCN(C(=O)c2ncn3c(C4CCN(C(=O)c5ccsc5)CC4)ccnc23)CC1. The molecule has 168 valence electrons. The number of amides is 2. The minimum absolute atomic E-state index is 0.0383. The summed E-state index contributed by atoms with van der Waals surface area (Å²) < 4.78 is 1.97. The molecule has 3 aromatic heterocycles. The van der Waals surface area contributed by atoms with E-state index in [1.807, 2.05) is 37.1 Å². The summed E-state index contributed by atoms with van der Waals surface area (Å²) in [5, 5.41) is 3.85. The average Bonchev–Trinajstić information content (AvgIpc) is 3.46. The molecule has 2 fully saturated rings. The Balaban J connectivity index is 1.32. The molecule has 2 saturated heterocycles. The minimum atomic E-state index is -0.0383. The van der Waals surface area contributed by atoms with Gasteiger partial charge in [0.25, 0.3) is 11.8 Å². The second-order valence-corrected chi connectivity index (χ2v) is 9.46. The third kappa shape index (κ3) is 4.02. The first-order valence-electron chi connectivity index (χ1n) is 11.2. The second kappa shape index (κ2) is 8.99. The monoisotopic (exact) mass is 452 g/mol. The summed E-state index contributed by atoms with van der Waals surface area (Å²) in [4.78, 5) is 40.9. The van der Waals surface area contributed by atoms with Gasteiger partial charge in [-0.3, -0.25) is 14.0 Å².